The van der Waals surface area contributed by atoms with Gasteiger partial charge >= 0.3 is 0 Å². The van der Waals surface area contributed by atoms with Crippen LogP contribution in [0.5, 0.6) is 0 Å². The van der Waals surface area contributed by atoms with Crippen molar-refractivity contribution < 1.29 is 14.0 Å². The van der Waals surface area contributed by atoms with Gasteiger partial charge in [-0.25, -0.2) is 4.39 Å². The molecule has 2 aromatic rings. The first-order valence-electron chi connectivity index (χ1n) is 14.6. The minimum atomic E-state index is -0.881. The molecule has 2 unspecified atom stereocenters. The number of carbonyl (C=O) groups is 2. The molecule has 2 saturated heterocycles. The summed E-state index contributed by atoms with van der Waals surface area (Å²) in [6.45, 7) is 9.66. The first-order chi connectivity index (χ1) is 19.5. The van der Waals surface area contributed by atoms with E-state index in [0.29, 0.717) is 67.9 Å². The van der Waals surface area contributed by atoms with Crippen LogP contribution in [0.25, 0.3) is 0 Å². The van der Waals surface area contributed by atoms with Crippen LogP contribution in [0.4, 0.5) is 10.1 Å². The smallest absolute Gasteiger partial charge is 0.245 e. The predicted molar refractivity (Wildman–Crippen MR) is 164 cm³/mol. The van der Waals surface area contributed by atoms with E-state index in [-0.39, 0.29) is 17.6 Å². The Morgan fingerprint density at radius 3 is 2.44 bits per heavy atom. The second-order valence-corrected chi connectivity index (χ2v) is 12.5. The van der Waals surface area contributed by atoms with Gasteiger partial charge in [0.25, 0.3) is 0 Å². The largest absolute Gasteiger partial charge is 0.368 e. The van der Waals surface area contributed by atoms with Crippen molar-refractivity contribution in [3.05, 3.63) is 63.4 Å². The maximum Gasteiger partial charge on any atom is 0.245 e. The third-order valence-electron chi connectivity index (χ3n) is 7.99. The van der Waals surface area contributed by atoms with Crippen LogP contribution >= 0.6 is 23.2 Å². The first-order valence-corrected chi connectivity index (χ1v) is 15.4. The van der Waals surface area contributed by atoms with E-state index >= 15 is 0 Å². The van der Waals surface area contributed by atoms with E-state index in [0.717, 1.165) is 36.2 Å². The Balaban J connectivity index is 1.54. The molecule has 2 aliphatic rings. The quantitative estimate of drug-likeness (QED) is 0.345. The van der Waals surface area contributed by atoms with Crippen molar-refractivity contribution in [3.63, 3.8) is 0 Å². The molecule has 0 saturated carbocycles. The van der Waals surface area contributed by atoms with Gasteiger partial charge in [-0.05, 0) is 67.6 Å². The number of anilines is 1. The van der Waals surface area contributed by atoms with E-state index in [1.54, 1.807) is 29.2 Å². The molecule has 2 aromatic carbocycles. The molecule has 10 heteroatoms. The molecule has 2 amide bonds. The van der Waals surface area contributed by atoms with Crippen molar-refractivity contribution in [3.8, 4) is 0 Å². The molecule has 0 aromatic heterocycles. The number of hydrogen-bond acceptors (Lipinski definition) is 5. The Bertz CT molecular complexity index is 1240. The average molecular weight is 607 g/mol. The minimum absolute atomic E-state index is 0.00737. The fraction of sp³-hybridized carbons (Fsp3) is 0.548. The zero-order valence-electron chi connectivity index (χ0n) is 24.3. The Kier molecular flexibility index (Phi) is 10.6. The third kappa shape index (κ3) is 7.53. The Labute approximate surface area is 253 Å². The minimum Gasteiger partial charge on any atom is -0.368 e. The van der Waals surface area contributed by atoms with Gasteiger partial charge in [0.05, 0.1) is 5.66 Å². The van der Waals surface area contributed by atoms with Crippen LogP contribution in [0, 0.1) is 11.7 Å². The summed E-state index contributed by atoms with van der Waals surface area (Å²) in [5.41, 5.74) is 8.47. The summed E-state index contributed by atoms with van der Waals surface area (Å²) in [5.74, 6) is -0.113. The van der Waals surface area contributed by atoms with E-state index in [1.807, 2.05) is 11.0 Å². The normalized spacial score (nSPS) is 18.2. The zero-order chi connectivity index (χ0) is 29.7. The van der Waals surface area contributed by atoms with Gasteiger partial charge in [-0.15, -0.1) is 0 Å². The molecule has 4 rings (SSSR count). The summed E-state index contributed by atoms with van der Waals surface area (Å²) in [4.78, 5) is 32.4. The summed E-state index contributed by atoms with van der Waals surface area (Å²) in [5, 5.41) is 4.48. The van der Waals surface area contributed by atoms with E-state index in [1.165, 1.54) is 6.07 Å². The van der Waals surface area contributed by atoms with Crippen molar-refractivity contribution in [1.29, 1.82) is 0 Å². The molecule has 2 atom stereocenters. The van der Waals surface area contributed by atoms with Crippen molar-refractivity contribution >= 4 is 40.7 Å². The van der Waals surface area contributed by atoms with E-state index in [2.05, 4.69) is 31.0 Å². The van der Waals surface area contributed by atoms with Gasteiger partial charge in [0.15, 0.2) is 0 Å². The van der Waals surface area contributed by atoms with Crippen LogP contribution in [0.1, 0.15) is 57.6 Å². The number of likely N-dealkylation sites (tertiary alicyclic amines) is 1. The number of nitrogens with zero attached hydrogens (tertiary/aromatic N) is 3. The SMILES string of the molecule is CCCNC(N)(CC(C)C)c1cc(F)ccc1N1CCN(C(=O)C(Cc2ccc(Cl)cc2Cl)N2CCCC2=O)CC1. The van der Waals surface area contributed by atoms with Crippen LogP contribution in [0.2, 0.25) is 10.0 Å². The van der Waals surface area contributed by atoms with Crippen LogP contribution in [-0.4, -0.2) is 66.9 Å². The number of hydrogen-bond donors (Lipinski definition) is 2. The molecule has 0 spiro atoms. The molecule has 2 aliphatic heterocycles. The second kappa shape index (κ2) is 13.7. The highest BCUT2D eigenvalue weighted by Crippen LogP contribution is 2.34. The summed E-state index contributed by atoms with van der Waals surface area (Å²) in [6.07, 6.45) is 3.08. The highest BCUT2D eigenvalue weighted by Gasteiger charge is 2.38. The highest BCUT2D eigenvalue weighted by molar-refractivity contribution is 6.35. The van der Waals surface area contributed by atoms with Gasteiger partial charge in [0.1, 0.15) is 11.9 Å². The lowest BCUT2D eigenvalue weighted by molar-refractivity contribution is -0.143. The molecule has 7 nitrogen and oxygen atoms in total. The average Bonchev–Trinajstić information content (AvgIpc) is 3.36. The molecule has 41 heavy (non-hydrogen) atoms. The van der Waals surface area contributed by atoms with Gasteiger partial charge in [-0.2, -0.15) is 0 Å². The maximum atomic E-state index is 14.6. The van der Waals surface area contributed by atoms with Crippen LogP contribution in [0.15, 0.2) is 36.4 Å². The highest BCUT2D eigenvalue weighted by atomic mass is 35.5. The second-order valence-electron chi connectivity index (χ2n) is 11.6. The number of nitrogens with two attached hydrogens (primary N) is 1. The van der Waals surface area contributed by atoms with E-state index in [9.17, 15) is 14.0 Å². The van der Waals surface area contributed by atoms with Crippen molar-refractivity contribution in [1.82, 2.24) is 15.1 Å². The zero-order valence-corrected chi connectivity index (χ0v) is 25.8. The van der Waals surface area contributed by atoms with Crippen molar-refractivity contribution in [2.45, 2.75) is 64.6 Å². The lowest BCUT2D eigenvalue weighted by Gasteiger charge is -2.42. The number of rotatable bonds is 11. The van der Waals surface area contributed by atoms with Gasteiger partial charge in [0.2, 0.25) is 11.8 Å². The topological polar surface area (TPSA) is 81.9 Å². The monoisotopic (exact) mass is 605 g/mol. The fourth-order valence-electron chi connectivity index (χ4n) is 6.01. The lowest BCUT2D eigenvalue weighted by atomic mass is 9.88. The maximum absolute atomic E-state index is 14.6. The van der Waals surface area contributed by atoms with E-state index in [4.69, 9.17) is 28.9 Å². The van der Waals surface area contributed by atoms with Crippen LogP contribution in [0.3, 0.4) is 0 Å². The Morgan fingerprint density at radius 2 is 1.83 bits per heavy atom. The molecule has 3 N–H and O–H groups in total. The fourth-order valence-corrected chi connectivity index (χ4v) is 6.50. The molecular weight excluding hydrogens is 564 g/mol. The summed E-state index contributed by atoms with van der Waals surface area (Å²) < 4.78 is 14.6. The number of carbonyl (C=O) groups excluding carboxylic acids is 2. The van der Waals surface area contributed by atoms with Gasteiger partial charge in [-0.1, -0.05) is 50.0 Å². The predicted octanol–water partition coefficient (Wildman–Crippen LogP) is 5.17. The molecule has 0 radical (unpaired) electrons. The summed E-state index contributed by atoms with van der Waals surface area (Å²) in [7, 11) is 0. The lowest BCUT2D eigenvalue weighted by Crippen LogP contribution is -2.57. The summed E-state index contributed by atoms with van der Waals surface area (Å²) in [6, 6.07) is 9.42. The molecule has 0 aliphatic carbocycles. The Morgan fingerprint density at radius 1 is 1.10 bits per heavy atom. The number of nitrogens with one attached hydrogen (secondary N) is 1. The molecular formula is C31H42Cl2FN5O2. The van der Waals surface area contributed by atoms with Crippen LogP contribution in [-0.2, 0) is 21.7 Å². The summed E-state index contributed by atoms with van der Waals surface area (Å²) >= 11 is 12.5. The molecule has 224 valence electrons. The number of benzene rings is 2. The van der Waals surface area contributed by atoms with Crippen molar-refractivity contribution in [2.24, 2.45) is 11.7 Å². The number of piperazine rings is 1. The molecule has 2 fully saturated rings. The standard InChI is InChI=1S/C31H42Cl2FN5O2/c1-4-11-36-31(35,20-21(2)3)25-19-24(34)9-10-27(25)37-13-15-38(16-14-37)30(41)28(39-12-5-6-29(39)40)17-22-7-8-23(32)18-26(22)33/h7-10,18-19,21,28,36H,4-6,11-17,20,35H2,1-3H3. The Hall–Kier alpha value is -2.39. The number of amides is 2. The van der Waals surface area contributed by atoms with Gasteiger partial charge in [0, 0.05) is 66.9 Å². The molecule has 2 heterocycles. The third-order valence-corrected chi connectivity index (χ3v) is 8.58. The van der Waals surface area contributed by atoms with Gasteiger partial charge in [-0.3, -0.25) is 14.9 Å². The molecule has 0 bridgehead atoms. The van der Waals surface area contributed by atoms with Crippen molar-refractivity contribution in [2.75, 3.05) is 44.2 Å². The number of halogens is 3. The first kappa shape index (κ1) is 31.5. The van der Waals surface area contributed by atoms with Crippen LogP contribution < -0.4 is 16.0 Å². The van der Waals surface area contributed by atoms with E-state index < -0.39 is 11.7 Å². The van der Waals surface area contributed by atoms with Gasteiger partial charge < -0.3 is 20.4 Å².